The summed E-state index contributed by atoms with van der Waals surface area (Å²) in [6, 6.07) is 6.27. The summed E-state index contributed by atoms with van der Waals surface area (Å²) in [5.41, 5.74) is 8.03. The lowest BCUT2D eigenvalue weighted by Gasteiger charge is -2.18. The van der Waals surface area contributed by atoms with Crippen LogP contribution in [0.25, 0.3) is 0 Å². The maximum absolute atomic E-state index is 8.76. The Kier molecular flexibility index (Phi) is 5.25. The van der Waals surface area contributed by atoms with Crippen molar-refractivity contribution in [3.63, 3.8) is 0 Å². The van der Waals surface area contributed by atoms with E-state index >= 15 is 0 Å². The molecule has 0 aromatic heterocycles. The summed E-state index contributed by atoms with van der Waals surface area (Å²) in [5.74, 6) is 0. The summed E-state index contributed by atoms with van der Waals surface area (Å²) >= 11 is 3.52. The summed E-state index contributed by atoms with van der Waals surface area (Å²) in [4.78, 5) is 0. The number of benzene rings is 1. The van der Waals surface area contributed by atoms with Gasteiger partial charge in [0, 0.05) is 23.6 Å². The minimum Gasteiger partial charge on any atom is -0.395 e. The number of hydrogen-bond acceptors (Lipinski definition) is 3. The smallest absolute Gasteiger partial charge is 0.0556 e. The fourth-order valence-corrected chi connectivity index (χ4v) is 2.24. The van der Waals surface area contributed by atoms with Crippen molar-refractivity contribution in [1.82, 2.24) is 5.32 Å². The minimum absolute atomic E-state index is 0.0899. The third-order valence-electron chi connectivity index (χ3n) is 2.27. The quantitative estimate of drug-likeness (QED) is 0.758. The average Bonchev–Trinajstić information content (AvgIpc) is 2.21. The van der Waals surface area contributed by atoms with Gasteiger partial charge in [-0.25, -0.2) is 0 Å². The predicted octanol–water partition coefficient (Wildman–Crippen LogP) is 1.34. The Labute approximate surface area is 98.8 Å². The predicted molar refractivity (Wildman–Crippen MR) is 65.8 cm³/mol. The maximum Gasteiger partial charge on any atom is 0.0556 e. The first-order valence-electron chi connectivity index (χ1n) is 4.99. The first-order chi connectivity index (χ1) is 7.19. The van der Waals surface area contributed by atoms with Crippen LogP contribution in [0.3, 0.4) is 0 Å². The van der Waals surface area contributed by atoms with E-state index in [1.165, 1.54) is 5.56 Å². The molecule has 0 bridgehead atoms. The molecule has 4 N–H and O–H groups in total. The zero-order valence-corrected chi connectivity index (χ0v) is 10.4. The first-order valence-corrected chi connectivity index (χ1v) is 5.78. The van der Waals surface area contributed by atoms with Crippen LogP contribution in [0.15, 0.2) is 22.7 Å². The van der Waals surface area contributed by atoms with E-state index in [9.17, 15) is 0 Å². The summed E-state index contributed by atoms with van der Waals surface area (Å²) in [6.45, 7) is 3.25. The Morgan fingerprint density at radius 3 is 2.80 bits per heavy atom. The molecule has 0 radical (unpaired) electrons. The molecular weight excluding hydrogens is 256 g/mol. The van der Waals surface area contributed by atoms with Gasteiger partial charge in [-0.05, 0) is 24.1 Å². The van der Waals surface area contributed by atoms with E-state index in [1.807, 2.05) is 6.92 Å². The van der Waals surface area contributed by atoms with Crippen LogP contribution in [-0.4, -0.2) is 24.8 Å². The molecule has 0 aliphatic carbocycles. The van der Waals surface area contributed by atoms with Crippen molar-refractivity contribution in [1.29, 1.82) is 0 Å². The average molecular weight is 273 g/mol. The van der Waals surface area contributed by atoms with Crippen LogP contribution >= 0.6 is 15.9 Å². The molecule has 3 nitrogen and oxygen atoms in total. The molecule has 0 aliphatic rings. The Morgan fingerprint density at radius 2 is 2.27 bits per heavy atom. The molecule has 1 aromatic carbocycles. The number of rotatable bonds is 5. The molecule has 0 saturated heterocycles. The van der Waals surface area contributed by atoms with Crippen LogP contribution in [-0.2, 0) is 0 Å². The van der Waals surface area contributed by atoms with Crippen molar-refractivity contribution in [2.75, 3.05) is 19.7 Å². The van der Waals surface area contributed by atoms with Gasteiger partial charge < -0.3 is 16.2 Å². The Hall–Kier alpha value is -0.420. The minimum atomic E-state index is 0.0899. The number of nitrogens with one attached hydrogen (secondary N) is 1. The van der Waals surface area contributed by atoms with Crippen molar-refractivity contribution in [3.05, 3.63) is 33.8 Å². The lowest BCUT2D eigenvalue weighted by molar-refractivity contribution is 0.285. The molecule has 0 aliphatic heterocycles. The Bertz CT molecular complexity index is 317. The van der Waals surface area contributed by atoms with Crippen molar-refractivity contribution in [2.24, 2.45) is 5.73 Å². The van der Waals surface area contributed by atoms with Gasteiger partial charge in [0.05, 0.1) is 6.61 Å². The lowest BCUT2D eigenvalue weighted by Crippen LogP contribution is -2.30. The maximum atomic E-state index is 8.76. The van der Waals surface area contributed by atoms with Gasteiger partial charge in [-0.2, -0.15) is 0 Å². The summed E-state index contributed by atoms with van der Waals surface area (Å²) < 4.78 is 1.06. The zero-order chi connectivity index (χ0) is 11.3. The van der Waals surface area contributed by atoms with Crippen LogP contribution in [0.1, 0.15) is 17.2 Å². The van der Waals surface area contributed by atoms with E-state index in [-0.39, 0.29) is 12.6 Å². The van der Waals surface area contributed by atoms with Gasteiger partial charge in [0.15, 0.2) is 0 Å². The standard InChI is InChI=1S/C11H17BrN2O/c1-8-2-3-9(10(12)6-8)11(7-13)14-4-5-15/h2-3,6,11,14-15H,4-5,7,13H2,1H3. The van der Waals surface area contributed by atoms with E-state index in [1.54, 1.807) is 0 Å². The van der Waals surface area contributed by atoms with Crippen molar-refractivity contribution >= 4 is 15.9 Å². The second kappa shape index (κ2) is 6.23. The Morgan fingerprint density at radius 1 is 1.53 bits per heavy atom. The van der Waals surface area contributed by atoms with Gasteiger partial charge in [0.25, 0.3) is 0 Å². The molecule has 1 aromatic rings. The van der Waals surface area contributed by atoms with E-state index in [0.717, 1.165) is 10.0 Å². The number of nitrogens with two attached hydrogens (primary N) is 1. The highest BCUT2D eigenvalue weighted by Crippen LogP contribution is 2.23. The molecule has 0 spiro atoms. The molecule has 1 atom stereocenters. The number of aryl methyl sites for hydroxylation is 1. The highest BCUT2D eigenvalue weighted by molar-refractivity contribution is 9.10. The molecule has 0 saturated carbocycles. The van der Waals surface area contributed by atoms with Crippen molar-refractivity contribution in [3.8, 4) is 0 Å². The summed E-state index contributed by atoms with van der Waals surface area (Å²) in [7, 11) is 0. The summed E-state index contributed by atoms with van der Waals surface area (Å²) in [6.07, 6.45) is 0. The molecule has 1 unspecified atom stereocenters. The number of halogens is 1. The molecule has 1 rings (SSSR count). The van der Waals surface area contributed by atoms with Gasteiger partial charge in [0.2, 0.25) is 0 Å². The fraction of sp³-hybridized carbons (Fsp3) is 0.455. The largest absolute Gasteiger partial charge is 0.395 e. The van der Waals surface area contributed by atoms with Crippen LogP contribution < -0.4 is 11.1 Å². The van der Waals surface area contributed by atoms with Gasteiger partial charge >= 0.3 is 0 Å². The first kappa shape index (κ1) is 12.6. The highest BCUT2D eigenvalue weighted by Gasteiger charge is 2.11. The number of aliphatic hydroxyl groups is 1. The summed E-state index contributed by atoms with van der Waals surface area (Å²) in [5, 5.41) is 11.9. The van der Waals surface area contributed by atoms with E-state index < -0.39 is 0 Å². The fourth-order valence-electron chi connectivity index (χ4n) is 1.47. The number of aliphatic hydroxyl groups excluding tert-OH is 1. The van der Waals surface area contributed by atoms with Crippen LogP contribution in [0.4, 0.5) is 0 Å². The zero-order valence-electron chi connectivity index (χ0n) is 8.83. The second-order valence-corrected chi connectivity index (χ2v) is 4.35. The Balaban J connectivity index is 2.81. The van der Waals surface area contributed by atoms with Gasteiger partial charge in [-0.15, -0.1) is 0 Å². The monoisotopic (exact) mass is 272 g/mol. The van der Waals surface area contributed by atoms with Crippen molar-refractivity contribution < 1.29 is 5.11 Å². The molecule has 4 heteroatoms. The third-order valence-corrected chi connectivity index (χ3v) is 2.96. The SMILES string of the molecule is Cc1ccc(C(CN)NCCO)c(Br)c1. The molecule has 0 fully saturated rings. The van der Waals surface area contributed by atoms with E-state index in [2.05, 4.69) is 39.4 Å². The van der Waals surface area contributed by atoms with E-state index in [0.29, 0.717) is 13.1 Å². The van der Waals surface area contributed by atoms with Crippen LogP contribution in [0, 0.1) is 6.92 Å². The molecule has 15 heavy (non-hydrogen) atoms. The molecular formula is C11H17BrN2O. The highest BCUT2D eigenvalue weighted by atomic mass is 79.9. The molecule has 0 amide bonds. The normalized spacial score (nSPS) is 12.8. The topological polar surface area (TPSA) is 58.3 Å². The molecule has 84 valence electrons. The van der Waals surface area contributed by atoms with E-state index in [4.69, 9.17) is 10.8 Å². The lowest BCUT2D eigenvalue weighted by atomic mass is 10.1. The van der Waals surface area contributed by atoms with Crippen molar-refractivity contribution in [2.45, 2.75) is 13.0 Å². The molecule has 0 heterocycles. The van der Waals surface area contributed by atoms with Gasteiger partial charge in [-0.1, -0.05) is 28.1 Å². The van der Waals surface area contributed by atoms with Gasteiger partial charge in [-0.3, -0.25) is 0 Å². The number of hydrogen-bond donors (Lipinski definition) is 3. The third kappa shape index (κ3) is 3.57. The van der Waals surface area contributed by atoms with Gasteiger partial charge in [0.1, 0.15) is 0 Å². The van der Waals surface area contributed by atoms with Crippen LogP contribution in [0.5, 0.6) is 0 Å². The second-order valence-electron chi connectivity index (χ2n) is 3.49. The van der Waals surface area contributed by atoms with Crippen LogP contribution in [0.2, 0.25) is 0 Å².